The summed E-state index contributed by atoms with van der Waals surface area (Å²) in [7, 11) is 0. The molecule has 0 nitrogen and oxygen atoms in total. The van der Waals surface area contributed by atoms with Gasteiger partial charge in [-0.2, -0.15) is 0 Å². The molecule has 0 aromatic rings. The molecule has 0 amide bonds. The van der Waals surface area contributed by atoms with Crippen molar-refractivity contribution in [3.05, 3.63) is 0 Å². The number of hydrogen-bond donors (Lipinski definition) is 0. The Morgan fingerprint density at radius 1 is 1.45 bits per heavy atom. The maximum Gasteiger partial charge on any atom is 0.249 e. The SMILES string of the molecule is CC1CCC(F)(F)CC1(C)I. The molecular formula is C8H13F2I. The molecule has 0 spiro atoms. The van der Waals surface area contributed by atoms with E-state index in [-0.39, 0.29) is 16.3 Å². The van der Waals surface area contributed by atoms with Crippen molar-refractivity contribution >= 4 is 22.6 Å². The van der Waals surface area contributed by atoms with Crippen LogP contribution in [0.25, 0.3) is 0 Å². The Hall–Kier alpha value is 0.590. The molecule has 0 N–H and O–H groups in total. The van der Waals surface area contributed by atoms with Crippen molar-refractivity contribution in [2.75, 3.05) is 0 Å². The number of rotatable bonds is 0. The van der Waals surface area contributed by atoms with Crippen LogP contribution in [0.3, 0.4) is 0 Å². The van der Waals surface area contributed by atoms with Crippen LogP contribution in [0.2, 0.25) is 0 Å². The van der Waals surface area contributed by atoms with E-state index in [1.165, 1.54) is 0 Å². The average Bonchev–Trinajstić information content (AvgIpc) is 1.77. The minimum Gasteiger partial charge on any atom is -0.207 e. The first-order chi connectivity index (χ1) is 4.83. The molecule has 2 unspecified atom stereocenters. The molecule has 0 heterocycles. The molecule has 11 heavy (non-hydrogen) atoms. The van der Waals surface area contributed by atoms with E-state index in [0.717, 1.165) is 0 Å². The average molecular weight is 274 g/mol. The number of hydrogen-bond acceptors (Lipinski definition) is 0. The van der Waals surface area contributed by atoms with Crippen LogP contribution < -0.4 is 0 Å². The second-order valence-electron chi connectivity index (χ2n) is 3.75. The zero-order chi connectivity index (χ0) is 8.70. The largest absolute Gasteiger partial charge is 0.249 e. The first-order valence-electron chi connectivity index (χ1n) is 3.90. The van der Waals surface area contributed by atoms with E-state index in [9.17, 15) is 8.78 Å². The first kappa shape index (κ1) is 9.68. The molecule has 3 heteroatoms. The topological polar surface area (TPSA) is 0 Å². The maximum atomic E-state index is 12.9. The van der Waals surface area contributed by atoms with Gasteiger partial charge in [-0.3, -0.25) is 0 Å². The van der Waals surface area contributed by atoms with Gasteiger partial charge in [-0.1, -0.05) is 36.4 Å². The summed E-state index contributed by atoms with van der Waals surface area (Å²) in [5, 5.41) is 0. The monoisotopic (exact) mass is 274 g/mol. The maximum absolute atomic E-state index is 12.9. The Bertz CT molecular complexity index is 154. The normalized spacial score (nSPS) is 43.9. The van der Waals surface area contributed by atoms with Gasteiger partial charge in [-0.15, -0.1) is 0 Å². The summed E-state index contributed by atoms with van der Waals surface area (Å²) in [6.45, 7) is 3.98. The van der Waals surface area contributed by atoms with Crippen LogP contribution in [-0.2, 0) is 0 Å². The molecule has 1 saturated carbocycles. The van der Waals surface area contributed by atoms with E-state index in [1.807, 2.05) is 6.92 Å². The van der Waals surface area contributed by atoms with Crippen molar-refractivity contribution in [2.45, 2.75) is 42.5 Å². The van der Waals surface area contributed by atoms with Crippen molar-refractivity contribution in [3.8, 4) is 0 Å². The third-order valence-electron chi connectivity index (χ3n) is 2.57. The van der Waals surface area contributed by atoms with E-state index in [2.05, 4.69) is 29.5 Å². The lowest BCUT2D eigenvalue weighted by molar-refractivity contribution is -0.0522. The molecule has 1 aliphatic carbocycles. The summed E-state index contributed by atoms with van der Waals surface area (Å²) in [5.41, 5.74) is 0. The first-order valence-corrected chi connectivity index (χ1v) is 4.98. The molecule has 2 atom stereocenters. The van der Waals surface area contributed by atoms with Gasteiger partial charge in [0.1, 0.15) is 0 Å². The summed E-state index contributed by atoms with van der Waals surface area (Å²) < 4.78 is 25.5. The van der Waals surface area contributed by atoms with Crippen LogP contribution in [0.1, 0.15) is 33.1 Å². The van der Waals surface area contributed by atoms with Crippen molar-refractivity contribution in [1.82, 2.24) is 0 Å². The van der Waals surface area contributed by atoms with E-state index >= 15 is 0 Å². The Labute approximate surface area is 79.9 Å². The van der Waals surface area contributed by atoms with Gasteiger partial charge in [-0.25, -0.2) is 8.78 Å². The fourth-order valence-corrected chi connectivity index (χ4v) is 2.37. The standard InChI is InChI=1S/C8H13F2I/c1-6-3-4-8(9,10)5-7(6,2)11/h6H,3-5H2,1-2H3. The smallest absolute Gasteiger partial charge is 0.207 e. The van der Waals surface area contributed by atoms with Crippen LogP contribution in [0, 0.1) is 5.92 Å². The fourth-order valence-electron chi connectivity index (χ4n) is 1.50. The summed E-state index contributed by atoms with van der Waals surface area (Å²) >= 11 is 2.16. The van der Waals surface area contributed by atoms with Gasteiger partial charge in [0.25, 0.3) is 0 Å². The Morgan fingerprint density at radius 2 is 2.00 bits per heavy atom. The van der Waals surface area contributed by atoms with E-state index in [0.29, 0.717) is 12.3 Å². The van der Waals surface area contributed by atoms with Crippen molar-refractivity contribution in [2.24, 2.45) is 5.92 Å². The molecule has 0 saturated heterocycles. The van der Waals surface area contributed by atoms with E-state index < -0.39 is 5.92 Å². The van der Waals surface area contributed by atoms with Crippen LogP contribution in [0.4, 0.5) is 8.78 Å². The summed E-state index contributed by atoms with van der Waals surface area (Å²) in [4.78, 5) is 0. The highest BCUT2D eigenvalue weighted by Crippen LogP contribution is 2.47. The Kier molecular flexibility index (Phi) is 2.48. The van der Waals surface area contributed by atoms with Gasteiger partial charge in [0.2, 0.25) is 5.92 Å². The molecule has 0 aromatic heterocycles. The Morgan fingerprint density at radius 3 is 2.36 bits per heavy atom. The lowest BCUT2D eigenvalue weighted by Gasteiger charge is -2.38. The second-order valence-corrected chi connectivity index (χ2v) is 6.21. The number of halogens is 3. The van der Waals surface area contributed by atoms with Crippen LogP contribution in [0.15, 0.2) is 0 Å². The van der Waals surface area contributed by atoms with Gasteiger partial charge >= 0.3 is 0 Å². The van der Waals surface area contributed by atoms with Gasteiger partial charge in [0.15, 0.2) is 0 Å². The number of alkyl halides is 3. The van der Waals surface area contributed by atoms with Crippen LogP contribution in [-0.4, -0.2) is 9.34 Å². The minimum atomic E-state index is -2.41. The molecular weight excluding hydrogens is 261 g/mol. The van der Waals surface area contributed by atoms with Crippen LogP contribution >= 0.6 is 22.6 Å². The minimum absolute atomic E-state index is 0.0434. The molecule has 0 aromatic carbocycles. The summed E-state index contributed by atoms with van der Waals surface area (Å²) in [5.74, 6) is -2.00. The highest BCUT2D eigenvalue weighted by molar-refractivity contribution is 14.1. The molecule has 0 aliphatic heterocycles. The zero-order valence-corrected chi connectivity index (χ0v) is 8.99. The molecule has 0 radical (unpaired) electrons. The third kappa shape index (κ3) is 2.26. The van der Waals surface area contributed by atoms with E-state index in [4.69, 9.17) is 0 Å². The summed E-state index contributed by atoms with van der Waals surface area (Å²) in [6.07, 6.45) is 0.779. The van der Waals surface area contributed by atoms with Crippen molar-refractivity contribution in [1.29, 1.82) is 0 Å². The lowest BCUT2D eigenvalue weighted by Crippen LogP contribution is -2.39. The fraction of sp³-hybridized carbons (Fsp3) is 1.00. The molecule has 1 fully saturated rings. The molecule has 0 bridgehead atoms. The van der Waals surface area contributed by atoms with Crippen LogP contribution in [0.5, 0.6) is 0 Å². The third-order valence-corrected chi connectivity index (χ3v) is 4.02. The zero-order valence-electron chi connectivity index (χ0n) is 6.83. The highest BCUT2D eigenvalue weighted by Gasteiger charge is 2.45. The Balaban J connectivity index is 2.67. The van der Waals surface area contributed by atoms with Gasteiger partial charge in [0.05, 0.1) is 0 Å². The highest BCUT2D eigenvalue weighted by atomic mass is 127. The van der Waals surface area contributed by atoms with E-state index in [1.54, 1.807) is 0 Å². The van der Waals surface area contributed by atoms with Gasteiger partial charge in [0, 0.05) is 16.3 Å². The van der Waals surface area contributed by atoms with Crippen molar-refractivity contribution in [3.63, 3.8) is 0 Å². The van der Waals surface area contributed by atoms with Gasteiger partial charge < -0.3 is 0 Å². The predicted octanol–water partition coefficient (Wildman–Crippen LogP) is 3.64. The quantitative estimate of drug-likeness (QED) is 0.467. The predicted molar refractivity (Wildman–Crippen MR) is 50.4 cm³/mol. The summed E-state index contributed by atoms with van der Waals surface area (Å²) in [6, 6.07) is 0. The lowest BCUT2D eigenvalue weighted by atomic mass is 9.79. The van der Waals surface area contributed by atoms with Gasteiger partial charge in [-0.05, 0) is 12.3 Å². The van der Waals surface area contributed by atoms with Crippen molar-refractivity contribution < 1.29 is 8.78 Å². The molecule has 1 aliphatic rings. The molecule has 66 valence electrons. The second kappa shape index (κ2) is 2.82. The molecule has 1 rings (SSSR count).